The van der Waals surface area contributed by atoms with Gasteiger partial charge in [0.05, 0.1) is 29.3 Å². The molecule has 1 N–H and O–H groups in total. The molecule has 158 valence electrons. The fraction of sp³-hybridized carbons (Fsp3) is 0.364. The molecule has 2 aromatic carbocycles. The molecule has 0 radical (unpaired) electrons. The van der Waals surface area contributed by atoms with Gasteiger partial charge in [-0.15, -0.1) is 0 Å². The standard InChI is InChI=1S/C22H25N3O3S2/c1-14-4-7-17(8-5-14)25-20-13-30(27,28)12-19(20)24-22(25)29-11-21(26)23-18-9-6-15(2)10-16(18)3/h4-10,19-20H,11-13H2,1-3H3,(H,23,26)/t19-,20+/m1/s1. The number of aryl methyl sites for hydroxylation is 3. The smallest absolute Gasteiger partial charge is 0.234 e. The van der Waals surface area contributed by atoms with Crippen LogP contribution in [0.25, 0.3) is 0 Å². The van der Waals surface area contributed by atoms with Crippen LogP contribution < -0.4 is 10.2 Å². The number of aliphatic imine (C=N–C) groups is 1. The second-order valence-electron chi connectivity index (χ2n) is 7.98. The van der Waals surface area contributed by atoms with Crippen molar-refractivity contribution in [3.05, 3.63) is 59.2 Å². The Labute approximate surface area is 181 Å². The van der Waals surface area contributed by atoms with Crippen molar-refractivity contribution in [1.82, 2.24) is 0 Å². The number of nitrogens with zero attached hydrogens (tertiary/aromatic N) is 2. The summed E-state index contributed by atoms with van der Waals surface area (Å²) < 4.78 is 24.3. The number of carbonyl (C=O) groups is 1. The third-order valence-corrected chi connectivity index (χ3v) is 8.07. The number of amidine groups is 1. The Hall–Kier alpha value is -2.32. The van der Waals surface area contributed by atoms with Crippen molar-refractivity contribution < 1.29 is 13.2 Å². The van der Waals surface area contributed by atoms with Gasteiger partial charge in [0.2, 0.25) is 5.91 Å². The van der Waals surface area contributed by atoms with Crippen LogP contribution >= 0.6 is 11.8 Å². The van der Waals surface area contributed by atoms with Crippen molar-refractivity contribution in [2.24, 2.45) is 4.99 Å². The van der Waals surface area contributed by atoms with Gasteiger partial charge in [0, 0.05) is 11.4 Å². The van der Waals surface area contributed by atoms with Gasteiger partial charge in [0.25, 0.3) is 0 Å². The lowest BCUT2D eigenvalue weighted by molar-refractivity contribution is -0.113. The number of hydrogen-bond acceptors (Lipinski definition) is 6. The Balaban J connectivity index is 1.50. The number of thioether (sulfide) groups is 1. The van der Waals surface area contributed by atoms with Crippen LogP contribution in [0.3, 0.4) is 0 Å². The fourth-order valence-electron chi connectivity index (χ4n) is 3.91. The molecule has 0 aromatic heterocycles. The fourth-order valence-corrected chi connectivity index (χ4v) is 6.68. The van der Waals surface area contributed by atoms with E-state index in [1.807, 2.05) is 68.1 Å². The van der Waals surface area contributed by atoms with Crippen LogP contribution in [0, 0.1) is 20.8 Å². The van der Waals surface area contributed by atoms with Gasteiger partial charge in [-0.3, -0.25) is 9.79 Å². The molecule has 2 aliphatic heterocycles. The van der Waals surface area contributed by atoms with Crippen LogP contribution in [0.5, 0.6) is 0 Å². The summed E-state index contributed by atoms with van der Waals surface area (Å²) in [5, 5.41) is 3.67. The van der Waals surface area contributed by atoms with E-state index >= 15 is 0 Å². The Morgan fingerprint density at radius 3 is 2.50 bits per heavy atom. The van der Waals surface area contributed by atoms with E-state index in [0.29, 0.717) is 5.17 Å². The van der Waals surface area contributed by atoms with Gasteiger partial charge in [-0.2, -0.15) is 0 Å². The summed E-state index contributed by atoms with van der Waals surface area (Å²) in [6, 6.07) is 13.4. The molecule has 6 nitrogen and oxygen atoms in total. The highest BCUT2D eigenvalue weighted by Crippen LogP contribution is 2.35. The number of anilines is 2. The molecule has 0 saturated carbocycles. The third-order valence-electron chi connectivity index (χ3n) is 5.41. The van der Waals surface area contributed by atoms with Gasteiger partial charge in [-0.05, 0) is 44.5 Å². The van der Waals surface area contributed by atoms with Crippen LogP contribution in [-0.2, 0) is 14.6 Å². The Kier molecular flexibility index (Phi) is 5.63. The number of carbonyl (C=O) groups excluding carboxylic acids is 1. The summed E-state index contributed by atoms with van der Waals surface area (Å²) in [4.78, 5) is 19.2. The number of sulfone groups is 1. The number of benzene rings is 2. The van der Waals surface area contributed by atoms with Gasteiger partial charge in [-0.1, -0.05) is 47.2 Å². The van der Waals surface area contributed by atoms with Crippen molar-refractivity contribution in [3.63, 3.8) is 0 Å². The van der Waals surface area contributed by atoms with E-state index in [2.05, 4.69) is 10.3 Å². The van der Waals surface area contributed by atoms with Gasteiger partial charge in [0.15, 0.2) is 15.0 Å². The number of hydrogen-bond donors (Lipinski definition) is 1. The van der Waals surface area contributed by atoms with Crippen molar-refractivity contribution in [2.75, 3.05) is 27.5 Å². The summed E-state index contributed by atoms with van der Waals surface area (Å²) in [7, 11) is -3.10. The SMILES string of the molecule is Cc1ccc(N2C(SCC(=O)Nc3ccc(C)cc3C)=N[C@@H]3CS(=O)(=O)C[C@@H]32)cc1. The summed E-state index contributed by atoms with van der Waals surface area (Å²) >= 11 is 1.35. The molecule has 8 heteroatoms. The molecule has 2 aromatic rings. The third kappa shape index (κ3) is 4.39. The molecule has 2 heterocycles. The van der Waals surface area contributed by atoms with Gasteiger partial charge < -0.3 is 10.2 Å². The van der Waals surface area contributed by atoms with Crippen LogP contribution in [0.2, 0.25) is 0 Å². The first-order chi connectivity index (χ1) is 14.2. The largest absolute Gasteiger partial charge is 0.325 e. The maximum atomic E-state index is 12.5. The Morgan fingerprint density at radius 2 is 1.80 bits per heavy atom. The molecular weight excluding hydrogens is 418 g/mol. The van der Waals surface area contributed by atoms with Crippen LogP contribution in [-0.4, -0.2) is 48.8 Å². The van der Waals surface area contributed by atoms with Gasteiger partial charge >= 0.3 is 0 Å². The summed E-state index contributed by atoms with van der Waals surface area (Å²) in [6.07, 6.45) is 0. The Bertz CT molecular complexity index is 1110. The zero-order chi connectivity index (χ0) is 21.5. The zero-order valence-electron chi connectivity index (χ0n) is 17.3. The van der Waals surface area contributed by atoms with Gasteiger partial charge in [-0.25, -0.2) is 8.42 Å². The average Bonchev–Trinajstić information content (AvgIpc) is 3.14. The molecule has 1 saturated heterocycles. The molecule has 1 amide bonds. The first-order valence-electron chi connectivity index (χ1n) is 9.86. The zero-order valence-corrected chi connectivity index (χ0v) is 18.9. The van der Waals surface area contributed by atoms with Crippen molar-refractivity contribution >= 4 is 44.0 Å². The number of amides is 1. The highest BCUT2D eigenvalue weighted by molar-refractivity contribution is 8.14. The van der Waals surface area contributed by atoms with Crippen LogP contribution in [0.15, 0.2) is 47.5 Å². The molecule has 0 spiro atoms. The lowest BCUT2D eigenvalue weighted by atomic mass is 10.1. The maximum absolute atomic E-state index is 12.5. The number of fused-ring (bicyclic) bond motifs is 1. The summed E-state index contributed by atoms with van der Waals surface area (Å²) in [5.41, 5.74) is 5.01. The van der Waals surface area contributed by atoms with E-state index in [4.69, 9.17) is 0 Å². The van der Waals surface area contributed by atoms with Crippen molar-refractivity contribution in [1.29, 1.82) is 0 Å². The molecule has 30 heavy (non-hydrogen) atoms. The topological polar surface area (TPSA) is 78.8 Å². The molecule has 1 fully saturated rings. The van der Waals surface area contributed by atoms with E-state index in [0.717, 1.165) is 28.1 Å². The predicted molar refractivity (Wildman–Crippen MR) is 124 cm³/mol. The first kappa shape index (κ1) is 20.9. The number of rotatable bonds is 4. The lowest BCUT2D eigenvalue weighted by Crippen LogP contribution is -2.39. The van der Waals surface area contributed by atoms with Crippen LogP contribution in [0.1, 0.15) is 16.7 Å². The highest BCUT2D eigenvalue weighted by Gasteiger charge is 2.47. The second kappa shape index (κ2) is 8.07. The quantitative estimate of drug-likeness (QED) is 0.784. The minimum absolute atomic E-state index is 0.0683. The summed E-state index contributed by atoms with van der Waals surface area (Å²) in [5.74, 6) is 0.260. The average molecular weight is 444 g/mol. The molecular formula is C22H25N3O3S2. The van der Waals surface area contributed by atoms with E-state index in [-0.39, 0.29) is 35.2 Å². The van der Waals surface area contributed by atoms with Gasteiger partial charge in [0.1, 0.15) is 0 Å². The van der Waals surface area contributed by atoms with E-state index in [1.165, 1.54) is 11.8 Å². The molecule has 2 atom stereocenters. The first-order valence-corrected chi connectivity index (χ1v) is 12.7. The predicted octanol–water partition coefficient (Wildman–Crippen LogP) is 3.33. The normalized spacial score (nSPS) is 22.0. The van der Waals surface area contributed by atoms with Crippen molar-refractivity contribution in [3.8, 4) is 0 Å². The molecule has 2 aliphatic rings. The number of nitrogens with one attached hydrogen (secondary N) is 1. The minimum atomic E-state index is -3.10. The minimum Gasteiger partial charge on any atom is -0.325 e. The molecule has 0 unspecified atom stereocenters. The van der Waals surface area contributed by atoms with E-state index < -0.39 is 9.84 Å². The molecule has 0 aliphatic carbocycles. The van der Waals surface area contributed by atoms with E-state index in [9.17, 15) is 13.2 Å². The van der Waals surface area contributed by atoms with E-state index in [1.54, 1.807) is 0 Å². The molecule has 0 bridgehead atoms. The van der Waals surface area contributed by atoms with Crippen molar-refractivity contribution in [2.45, 2.75) is 32.9 Å². The Morgan fingerprint density at radius 1 is 1.10 bits per heavy atom. The second-order valence-corrected chi connectivity index (χ2v) is 11.1. The summed E-state index contributed by atoms with van der Waals surface area (Å²) in [6.45, 7) is 6.00. The monoisotopic (exact) mass is 443 g/mol. The maximum Gasteiger partial charge on any atom is 0.234 e. The molecule has 4 rings (SSSR count). The van der Waals surface area contributed by atoms with Crippen LogP contribution in [0.4, 0.5) is 11.4 Å². The lowest BCUT2D eigenvalue weighted by Gasteiger charge is -2.26. The highest BCUT2D eigenvalue weighted by atomic mass is 32.2.